The van der Waals surface area contributed by atoms with Gasteiger partial charge in [-0.15, -0.1) is 0 Å². The van der Waals surface area contributed by atoms with Crippen molar-refractivity contribution in [1.29, 1.82) is 0 Å². The van der Waals surface area contributed by atoms with Gasteiger partial charge in [-0.3, -0.25) is 9.88 Å². The van der Waals surface area contributed by atoms with Crippen LogP contribution in [0, 0.1) is 5.92 Å². The van der Waals surface area contributed by atoms with Crippen molar-refractivity contribution in [2.45, 2.75) is 25.2 Å². The molecular formula is C18H21N3O5. The quantitative estimate of drug-likeness (QED) is 0.796. The minimum absolute atomic E-state index is 0.166. The van der Waals surface area contributed by atoms with Gasteiger partial charge in [-0.1, -0.05) is 0 Å². The molecule has 1 N–H and O–H groups in total. The molecule has 0 unspecified atom stereocenters. The lowest BCUT2D eigenvalue weighted by Crippen LogP contribution is -2.58. The standard InChI is InChI=1S/C18H21N3O5/c22-16-4-5-17(23)26-18(25-16)12-19-6-1-7-21(18)14-8-15(10-20-9-14)24-11-13-2-3-13/h4-5,8-10,13,19H,1-3,6-7,11-12H2. The SMILES string of the molecule is O=C1C=CC(=O)OC2(CNCCCN2c2cncc(OCC3CC3)c2)O1. The fourth-order valence-corrected chi connectivity index (χ4v) is 3.05. The van der Waals surface area contributed by atoms with Crippen LogP contribution in [0.1, 0.15) is 19.3 Å². The number of aromatic nitrogens is 1. The van der Waals surface area contributed by atoms with Crippen LogP contribution in [0.5, 0.6) is 5.75 Å². The smallest absolute Gasteiger partial charge is 0.356 e. The molecule has 2 fully saturated rings. The molecule has 0 bridgehead atoms. The number of pyridine rings is 1. The molecule has 4 rings (SSSR count). The second kappa shape index (κ2) is 6.95. The summed E-state index contributed by atoms with van der Waals surface area (Å²) in [7, 11) is 0. The number of hydrogen-bond donors (Lipinski definition) is 1. The highest BCUT2D eigenvalue weighted by Gasteiger charge is 2.47. The van der Waals surface area contributed by atoms with Crippen LogP contribution in [0.2, 0.25) is 0 Å². The molecule has 1 saturated carbocycles. The molecule has 1 saturated heterocycles. The summed E-state index contributed by atoms with van der Waals surface area (Å²) in [6.07, 6.45) is 8.65. The largest absolute Gasteiger partial charge is 0.492 e. The monoisotopic (exact) mass is 359 g/mol. The molecule has 1 aliphatic carbocycles. The van der Waals surface area contributed by atoms with E-state index >= 15 is 0 Å². The third-order valence-corrected chi connectivity index (χ3v) is 4.56. The number of ether oxygens (including phenoxy) is 3. The van der Waals surface area contributed by atoms with Crippen molar-refractivity contribution in [3.05, 3.63) is 30.6 Å². The topological polar surface area (TPSA) is 90.0 Å². The Balaban J connectivity index is 1.63. The minimum Gasteiger partial charge on any atom is -0.492 e. The molecule has 2 aliphatic heterocycles. The Morgan fingerprint density at radius 1 is 1.23 bits per heavy atom. The second-order valence-electron chi connectivity index (χ2n) is 6.70. The fourth-order valence-electron chi connectivity index (χ4n) is 3.05. The van der Waals surface area contributed by atoms with Crippen LogP contribution in [0.3, 0.4) is 0 Å². The first kappa shape index (κ1) is 16.8. The molecule has 1 aromatic heterocycles. The van der Waals surface area contributed by atoms with Gasteiger partial charge in [0.1, 0.15) is 5.75 Å². The maximum atomic E-state index is 12.0. The Morgan fingerprint density at radius 2 is 2.00 bits per heavy atom. The normalized spacial score (nSPS) is 22.4. The predicted molar refractivity (Wildman–Crippen MR) is 91.3 cm³/mol. The van der Waals surface area contributed by atoms with Crippen LogP contribution in [-0.2, 0) is 19.1 Å². The van der Waals surface area contributed by atoms with Gasteiger partial charge in [0.15, 0.2) is 0 Å². The van der Waals surface area contributed by atoms with Gasteiger partial charge >= 0.3 is 17.8 Å². The van der Waals surface area contributed by atoms with Gasteiger partial charge in [0, 0.05) is 24.8 Å². The van der Waals surface area contributed by atoms with E-state index < -0.39 is 17.8 Å². The van der Waals surface area contributed by atoms with E-state index in [9.17, 15) is 9.59 Å². The lowest BCUT2D eigenvalue weighted by Gasteiger charge is -2.40. The van der Waals surface area contributed by atoms with Crippen LogP contribution in [-0.4, -0.2) is 49.1 Å². The van der Waals surface area contributed by atoms with Gasteiger partial charge in [0.2, 0.25) is 0 Å². The summed E-state index contributed by atoms with van der Waals surface area (Å²) in [5, 5.41) is 3.16. The minimum atomic E-state index is -1.55. The molecular weight excluding hydrogens is 338 g/mol. The zero-order chi connectivity index (χ0) is 18.0. The van der Waals surface area contributed by atoms with Gasteiger partial charge in [-0.25, -0.2) is 9.59 Å². The Bertz CT molecular complexity index is 711. The van der Waals surface area contributed by atoms with E-state index in [4.69, 9.17) is 14.2 Å². The Labute approximate surface area is 151 Å². The van der Waals surface area contributed by atoms with Crippen LogP contribution in [0.25, 0.3) is 0 Å². The number of nitrogens with zero attached hydrogens (tertiary/aromatic N) is 2. The summed E-state index contributed by atoms with van der Waals surface area (Å²) < 4.78 is 16.9. The third kappa shape index (κ3) is 3.65. The van der Waals surface area contributed by atoms with E-state index in [2.05, 4.69) is 10.3 Å². The van der Waals surface area contributed by atoms with Gasteiger partial charge in [-0.2, -0.15) is 0 Å². The number of esters is 2. The first-order chi connectivity index (χ1) is 12.6. The molecule has 1 spiro atoms. The van der Waals surface area contributed by atoms with Gasteiger partial charge < -0.3 is 19.5 Å². The fraction of sp³-hybridized carbons (Fsp3) is 0.500. The number of anilines is 1. The van der Waals surface area contributed by atoms with Crippen LogP contribution in [0.15, 0.2) is 30.6 Å². The van der Waals surface area contributed by atoms with E-state index in [1.54, 1.807) is 17.3 Å². The highest BCUT2D eigenvalue weighted by molar-refractivity contribution is 5.93. The van der Waals surface area contributed by atoms with Gasteiger partial charge in [0.25, 0.3) is 0 Å². The van der Waals surface area contributed by atoms with Crippen molar-refractivity contribution in [2.24, 2.45) is 5.92 Å². The average molecular weight is 359 g/mol. The molecule has 3 heterocycles. The lowest BCUT2D eigenvalue weighted by atomic mass is 10.2. The summed E-state index contributed by atoms with van der Waals surface area (Å²) >= 11 is 0. The predicted octanol–water partition coefficient (Wildman–Crippen LogP) is 0.980. The number of hydrogen-bond acceptors (Lipinski definition) is 8. The molecule has 0 atom stereocenters. The number of carbonyl (C=O) groups is 2. The van der Waals surface area contributed by atoms with Crippen LogP contribution >= 0.6 is 0 Å². The number of rotatable bonds is 4. The Kier molecular flexibility index (Phi) is 4.50. The van der Waals surface area contributed by atoms with Gasteiger partial charge in [-0.05, 0) is 31.7 Å². The lowest BCUT2D eigenvalue weighted by molar-refractivity contribution is -0.217. The third-order valence-electron chi connectivity index (χ3n) is 4.56. The van der Waals surface area contributed by atoms with Crippen LogP contribution in [0.4, 0.5) is 5.69 Å². The molecule has 0 amide bonds. The first-order valence-corrected chi connectivity index (χ1v) is 8.85. The summed E-state index contributed by atoms with van der Waals surface area (Å²) in [4.78, 5) is 30.0. The molecule has 138 valence electrons. The van der Waals surface area contributed by atoms with Crippen molar-refractivity contribution in [2.75, 3.05) is 31.1 Å². The van der Waals surface area contributed by atoms with Crippen molar-refractivity contribution in [3.8, 4) is 5.75 Å². The maximum absolute atomic E-state index is 12.0. The number of nitrogens with one attached hydrogen (secondary N) is 1. The zero-order valence-electron chi connectivity index (χ0n) is 14.3. The van der Waals surface area contributed by atoms with Crippen molar-refractivity contribution >= 4 is 17.6 Å². The average Bonchev–Trinajstić information content (AvgIpc) is 3.46. The van der Waals surface area contributed by atoms with E-state index in [0.717, 1.165) is 18.6 Å². The number of carbonyl (C=O) groups excluding carboxylic acids is 2. The van der Waals surface area contributed by atoms with Crippen LogP contribution < -0.4 is 15.0 Å². The molecule has 0 aromatic carbocycles. The molecule has 1 aromatic rings. The molecule has 26 heavy (non-hydrogen) atoms. The molecule has 8 heteroatoms. The van der Waals surface area contributed by atoms with E-state index in [1.165, 1.54) is 12.8 Å². The highest BCUT2D eigenvalue weighted by atomic mass is 16.8. The zero-order valence-corrected chi connectivity index (χ0v) is 14.3. The van der Waals surface area contributed by atoms with Gasteiger partial charge in [0.05, 0.1) is 31.2 Å². The van der Waals surface area contributed by atoms with E-state index in [-0.39, 0.29) is 6.54 Å². The first-order valence-electron chi connectivity index (χ1n) is 8.85. The van der Waals surface area contributed by atoms with Crippen molar-refractivity contribution in [1.82, 2.24) is 10.3 Å². The highest BCUT2D eigenvalue weighted by Crippen LogP contribution is 2.33. The molecule has 8 nitrogen and oxygen atoms in total. The van der Waals surface area contributed by atoms with E-state index in [0.29, 0.717) is 37.1 Å². The Morgan fingerprint density at radius 3 is 2.73 bits per heavy atom. The molecule has 3 aliphatic rings. The summed E-state index contributed by atoms with van der Waals surface area (Å²) in [6, 6.07) is 1.84. The summed E-state index contributed by atoms with van der Waals surface area (Å²) in [5.74, 6) is -1.53. The van der Waals surface area contributed by atoms with E-state index in [1.807, 2.05) is 6.07 Å². The summed E-state index contributed by atoms with van der Waals surface area (Å²) in [5.41, 5.74) is 0.671. The van der Waals surface area contributed by atoms with Crippen molar-refractivity contribution in [3.63, 3.8) is 0 Å². The molecule has 0 radical (unpaired) electrons. The Hall–Kier alpha value is -2.61. The second-order valence-corrected chi connectivity index (χ2v) is 6.70. The van der Waals surface area contributed by atoms with Crippen molar-refractivity contribution < 1.29 is 23.8 Å². The maximum Gasteiger partial charge on any atom is 0.356 e. The summed E-state index contributed by atoms with van der Waals surface area (Å²) in [6.45, 7) is 2.08.